The van der Waals surface area contributed by atoms with Gasteiger partial charge in [-0.25, -0.2) is 4.39 Å². The fourth-order valence-electron chi connectivity index (χ4n) is 4.87. The summed E-state index contributed by atoms with van der Waals surface area (Å²) >= 11 is 5.79. The van der Waals surface area contributed by atoms with Gasteiger partial charge in [-0.15, -0.1) is 0 Å². The number of carbonyl (C=O) groups is 2. The number of nitrogens with one attached hydrogen (secondary N) is 1. The van der Waals surface area contributed by atoms with Gasteiger partial charge in [0.05, 0.1) is 23.2 Å². The highest BCUT2D eigenvalue weighted by molar-refractivity contribution is 6.30. The van der Waals surface area contributed by atoms with E-state index < -0.39 is 35.7 Å². The van der Waals surface area contributed by atoms with Crippen molar-refractivity contribution in [2.24, 2.45) is 0 Å². The van der Waals surface area contributed by atoms with Crippen LogP contribution >= 0.6 is 11.6 Å². The number of carbonyl (C=O) groups excluding carboxylic acids is 2. The number of nitrogens with zero attached hydrogens (tertiary/aromatic N) is 2. The molecule has 0 saturated carbocycles. The Morgan fingerprint density at radius 1 is 1.39 bits per heavy atom. The third-order valence-corrected chi connectivity index (χ3v) is 6.57. The lowest BCUT2D eigenvalue weighted by Crippen LogP contribution is -2.63. The summed E-state index contributed by atoms with van der Waals surface area (Å²) in [4.78, 5) is 29.2. The van der Waals surface area contributed by atoms with Gasteiger partial charge in [-0.1, -0.05) is 23.7 Å². The first kappa shape index (κ1) is 20.3. The van der Waals surface area contributed by atoms with Gasteiger partial charge in [0.15, 0.2) is 12.0 Å². The molecule has 0 aromatic heterocycles. The summed E-state index contributed by atoms with van der Waals surface area (Å²) < 4.78 is 20.0. The number of halogens is 2. The highest BCUT2D eigenvalue weighted by atomic mass is 35.5. The van der Waals surface area contributed by atoms with Crippen molar-refractivity contribution in [3.05, 3.63) is 57.3 Å². The van der Waals surface area contributed by atoms with Crippen LogP contribution < -0.4 is 5.32 Å². The Morgan fingerprint density at radius 2 is 2.19 bits per heavy atom. The minimum absolute atomic E-state index is 0.00388. The largest absolute Gasteiger partial charge is 0.507 e. The number of fused-ring (bicyclic) bond motifs is 2. The molecule has 3 N–H and O–H groups in total. The number of benzene rings is 1. The van der Waals surface area contributed by atoms with Crippen LogP contribution in [-0.4, -0.2) is 63.4 Å². The molecule has 31 heavy (non-hydrogen) atoms. The molecule has 10 heteroatoms. The maximum Gasteiger partial charge on any atom is 0.276 e. The standard InChI is InChI=1S/C21H21ClFN3O5/c22-11-4-1-3-10(15(11)23)9-24-19(29)14-12-5-6-13-21-25(7-2-8-31-21)20(30)16(26(12)13)18(28)17(14)27/h1,3-4,13,17,21,27-28H,2,5-9H2,(H,24,29)/t13-,17?,21+/m1/s1. The molecule has 1 aromatic carbocycles. The van der Waals surface area contributed by atoms with Crippen molar-refractivity contribution >= 4 is 23.4 Å². The molecule has 3 fully saturated rings. The van der Waals surface area contributed by atoms with E-state index in [2.05, 4.69) is 5.32 Å². The second-order valence-electron chi connectivity index (χ2n) is 7.98. The van der Waals surface area contributed by atoms with Gasteiger partial charge in [-0.3, -0.25) is 9.59 Å². The van der Waals surface area contributed by atoms with Gasteiger partial charge in [-0.2, -0.15) is 0 Å². The van der Waals surface area contributed by atoms with Crippen LogP contribution in [0, 0.1) is 5.82 Å². The van der Waals surface area contributed by atoms with Gasteiger partial charge in [0.2, 0.25) is 0 Å². The van der Waals surface area contributed by atoms with Crippen molar-refractivity contribution in [3.8, 4) is 0 Å². The first-order valence-electron chi connectivity index (χ1n) is 10.2. The molecule has 0 aliphatic carbocycles. The van der Waals surface area contributed by atoms with Crippen LogP contribution in [-0.2, 0) is 20.9 Å². The minimum Gasteiger partial charge on any atom is -0.507 e. The monoisotopic (exact) mass is 449 g/mol. The number of amides is 2. The summed E-state index contributed by atoms with van der Waals surface area (Å²) in [5.74, 6) is -2.25. The molecule has 5 rings (SSSR count). The SMILES string of the molecule is O=C(NCc1cccc(Cl)c1F)C1=C2CC[C@@H]3[C@@H]4OCCCN4C(=O)C(=C(O)C1O)N23. The number of aliphatic hydroxyl groups is 2. The van der Waals surface area contributed by atoms with Crippen LogP contribution in [0.3, 0.4) is 0 Å². The summed E-state index contributed by atoms with van der Waals surface area (Å²) in [7, 11) is 0. The van der Waals surface area contributed by atoms with E-state index in [9.17, 15) is 24.2 Å². The van der Waals surface area contributed by atoms with Crippen molar-refractivity contribution in [1.29, 1.82) is 0 Å². The highest BCUT2D eigenvalue weighted by Gasteiger charge is 2.54. The van der Waals surface area contributed by atoms with Crippen LogP contribution in [0.4, 0.5) is 4.39 Å². The van der Waals surface area contributed by atoms with Crippen molar-refractivity contribution in [1.82, 2.24) is 15.1 Å². The molecule has 8 nitrogen and oxygen atoms in total. The zero-order valence-corrected chi connectivity index (χ0v) is 17.2. The minimum atomic E-state index is -1.64. The highest BCUT2D eigenvalue weighted by Crippen LogP contribution is 2.46. The molecule has 3 saturated heterocycles. The number of hydrogen-bond donors (Lipinski definition) is 3. The number of hydrogen-bond acceptors (Lipinski definition) is 6. The van der Waals surface area contributed by atoms with E-state index >= 15 is 0 Å². The first-order chi connectivity index (χ1) is 14.9. The smallest absolute Gasteiger partial charge is 0.276 e. The number of rotatable bonds is 3. The average molecular weight is 450 g/mol. The van der Waals surface area contributed by atoms with Crippen molar-refractivity contribution in [2.75, 3.05) is 13.2 Å². The van der Waals surface area contributed by atoms with E-state index in [0.29, 0.717) is 38.1 Å². The maximum absolute atomic E-state index is 14.1. The summed E-state index contributed by atoms with van der Waals surface area (Å²) in [5, 5.41) is 24.0. The van der Waals surface area contributed by atoms with Gasteiger partial charge in [-0.05, 0) is 25.3 Å². The molecule has 1 aromatic rings. The molecule has 2 amide bonds. The molecular formula is C21H21ClFN3O5. The Bertz CT molecular complexity index is 1040. The lowest BCUT2D eigenvalue weighted by Gasteiger charge is -2.49. The summed E-state index contributed by atoms with van der Waals surface area (Å²) in [6.07, 6.45) is -0.367. The fraction of sp³-hybridized carbons (Fsp3) is 0.429. The van der Waals surface area contributed by atoms with Gasteiger partial charge in [0.25, 0.3) is 11.8 Å². The van der Waals surface area contributed by atoms with Crippen LogP contribution in [0.15, 0.2) is 40.9 Å². The van der Waals surface area contributed by atoms with Crippen molar-refractivity contribution in [2.45, 2.75) is 44.2 Å². The molecular weight excluding hydrogens is 429 g/mol. The number of piperazine rings is 1. The lowest BCUT2D eigenvalue weighted by atomic mass is 9.95. The predicted octanol–water partition coefficient (Wildman–Crippen LogP) is 1.55. The zero-order valence-electron chi connectivity index (χ0n) is 16.5. The first-order valence-corrected chi connectivity index (χ1v) is 10.5. The Balaban J connectivity index is 1.46. The molecule has 4 aliphatic rings. The molecule has 0 bridgehead atoms. The second kappa shape index (κ2) is 7.51. The van der Waals surface area contributed by atoms with Gasteiger partial charge in [0, 0.05) is 24.4 Å². The van der Waals surface area contributed by atoms with Gasteiger partial charge >= 0.3 is 0 Å². The molecule has 0 radical (unpaired) electrons. The lowest BCUT2D eigenvalue weighted by molar-refractivity contribution is -0.171. The number of aliphatic hydroxyl groups excluding tert-OH is 2. The van der Waals surface area contributed by atoms with E-state index in [4.69, 9.17) is 16.3 Å². The topological polar surface area (TPSA) is 102 Å². The number of ether oxygens (including phenoxy) is 1. The average Bonchev–Trinajstić information content (AvgIpc) is 3.19. The van der Waals surface area contributed by atoms with Crippen LogP contribution in [0.5, 0.6) is 0 Å². The van der Waals surface area contributed by atoms with E-state index in [1.54, 1.807) is 15.9 Å². The molecule has 1 unspecified atom stereocenters. The van der Waals surface area contributed by atoms with Crippen molar-refractivity contribution < 1.29 is 28.9 Å². The molecule has 3 atom stereocenters. The maximum atomic E-state index is 14.1. The summed E-state index contributed by atoms with van der Waals surface area (Å²) in [5.41, 5.74) is 0.643. The third-order valence-electron chi connectivity index (χ3n) is 6.27. The zero-order chi connectivity index (χ0) is 21.9. The Labute approximate surface area is 182 Å². The normalized spacial score (nSPS) is 27.5. The fourth-order valence-corrected chi connectivity index (χ4v) is 5.06. The van der Waals surface area contributed by atoms with E-state index in [0.717, 1.165) is 0 Å². The van der Waals surface area contributed by atoms with E-state index in [1.807, 2.05) is 0 Å². The summed E-state index contributed by atoms with van der Waals surface area (Å²) in [6.45, 7) is 0.899. The second-order valence-corrected chi connectivity index (χ2v) is 8.39. The van der Waals surface area contributed by atoms with Gasteiger partial charge in [0.1, 0.15) is 17.6 Å². The van der Waals surface area contributed by atoms with Crippen LogP contribution in [0.25, 0.3) is 0 Å². The van der Waals surface area contributed by atoms with E-state index in [-0.39, 0.29) is 34.4 Å². The van der Waals surface area contributed by atoms with Gasteiger partial charge < -0.3 is 30.1 Å². The van der Waals surface area contributed by atoms with Crippen LogP contribution in [0.2, 0.25) is 5.02 Å². The third kappa shape index (κ3) is 3.02. The molecule has 0 spiro atoms. The molecule has 4 aliphatic heterocycles. The molecule has 164 valence electrons. The quantitative estimate of drug-likeness (QED) is 0.647. The number of allylic oxidation sites excluding steroid dienone is 1. The van der Waals surface area contributed by atoms with Crippen LogP contribution in [0.1, 0.15) is 24.8 Å². The Kier molecular flexibility index (Phi) is 4.91. The van der Waals surface area contributed by atoms with E-state index in [1.165, 1.54) is 12.1 Å². The summed E-state index contributed by atoms with van der Waals surface area (Å²) in [6, 6.07) is 4.23. The molecule has 4 heterocycles. The van der Waals surface area contributed by atoms with Crippen molar-refractivity contribution in [3.63, 3.8) is 0 Å². The predicted molar refractivity (Wildman–Crippen MR) is 107 cm³/mol. The Hall–Kier alpha value is -2.62. The Morgan fingerprint density at radius 3 is 3.00 bits per heavy atom.